The summed E-state index contributed by atoms with van der Waals surface area (Å²) in [7, 11) is -8.11. The molecule has 1 aliphatic rings. The number of nitrogens with zero attached hydrogens (tertiary/aromatic N) is 1. The molecule has 0 bridgehead atoms. The summed E-state index contributed by atoms with van der Waals surface area (Å²) in [6, 6.07) is 11.8. The van der Waals surface area contributed by atoms with Crippen LogP contribution < -0.4 is 9.86 Å². The summed E-state index contributed by atoms with van der Waals surface area (Å²) in [5.41, 5.74) is 1.19. The van der Waals surface area contributed by atoms with Crippen LogP contribution in [0.15, 0.2) is 57.2 Å². The van der Waals surface area contributed by atoms with Gasteiger partial charge in [0.05, 0.1) is 22.6 Å². The average Bonchev–Trinajstić information content (AvgIpc) is 2.82. The van der Waals surface area contributed by atoms with Crippen LogP contribution >= 0.6 is 23.4 Å². The number of sulfonamides is 2. The molecule has 0 radical (unpaired) electrons. The van der Waals surface area contributed by atoms with Gasteiger partial charge in [-0.1, -0.05) is 41.9 Å². The maximum atomic E-state index is 12.4. The number of carbonyl (C=O) groups is 1. The number of halogens is 1. The number of aliphatic hydroxyl groups excluding tert-OH is 4. The van der Waals surface area contributed by atoms with Gasteiger partial charge in [0.2, 0.25) is 10.0 Å². The highest BCUT2D eigenvalue weighted by atomic mass is 35.5. The molecule has 0 unspecified atom stereocenters. The number of nitrogens with one attached hydrogen (secondary N) is 1. The highest BCUT2D eigenvalue weighted by molar-refractivity contribution is 7.99. The first-order chi connectivity index (χ1) is 17.2. The number of benzene rings is 2. The van der Waals surface area contributed by atoms with Crippen LogP contribution in [0.2, 0.25) is 5.02 Å². The van der Waals surface area contributed by atoms with Gasteiger partial charge < -0.3 is 25.2 Å². The van der Waals surface area contributed by atoms with E-state index in [0.717, 1.165) is 11.6 Å². The van der Waals surface area contributed by atoms with Gasteiger partial charge in [0.1, 0.15) is 33.9 Å². The summed E-state index contributed by atoms with van der Waals surface area (Å²) in [5, 5.41) is 40.0. The van der Waals surface area contributed by atoms with Crippen molar-refractivity contribution >= 4 is 61.2 Å². The summed E-state index contributed by atoms with van der Waals surface area (Å²) >= 11 is 7.42. The van der Waals surface area contributed by atoms with Crippen LogP contribution in [-0.2, 0) is 30.6 Å². The highest BCUT2D eigenvalue weighted by Gasteiger charge is 2.29. The van der Waals surface area contributed by atoms with Crippen LogP contribution in [0, 0.1) is 0 Å². The van der Waals surface area contributed by atoms with E-state index < -0.39 is 49.4 Å². The van der Waals surface area contributed by atoms with Crippen LogP contribution in [0.3, 0.4) is 0 Å². The van der Waals surface area contributed by atoms with Gasteiger partial charge in [0.25, 0.3) is 10.0 Å². The minimum Gasteiger partial charge on any atom is -0.391 e. The summed E-state index contributed by atoms with van der Waals surface area (Å²) in [5.74, 6) is 1.28. The fraction of sp³-hybridized carbons (Fsp3) is 0.333. The van der Waals surface area contributed by atoms with E-state index in [4.69, 9.17) is 37.2 Å². The maximum absolute atomic E-state index is 12.4. The SMILES string of the molecule is C[C@H](O)[C@@H](O)[C@@H](O)[C@H](O)C=O.NS(=O)(=O)c1cc2c(cc1Cl)N=C(CSCc1ccccc1)NS2(=O)=O. The number of fused-ring (bicyclic) bond motifs is 1. The standard InChI is InChI=1S/C15H14ClN3O4S3.C6H12O5/c16-11-6-12-14(7-13(11)25(17,20)21)26(22,23)19-15(18-12)9-24-8-10-4-2-1-3-5-10;1-3(8)5(10)6(11)4(9)2-7/h1-7H,8-9H2,(H,18,19)(H2,17,20,21);2-6,8-11H,1H3/t;3-,4+,5+,6-/m.0/s1. The van der Waals surface area contributed by atoms with Crippen LogP contribution in [-0.4, -0.2) is 79.6 Å². The second kappa shape index (κ2) is 13.1. The monoisotopic (exact) mass is 595 g/mol. The molecule has 0 fully saturated rings. The average molecular weight is 596 g/mol. The van der Waals surface area contributed by atoms with Gasteiger partial charge in [0.15, 0.2) is 6.29 Å². The molecule has 1 aliphatic heterocycles. The second-order valence-corrected chi connectivity index (χ2v) is 12.4. The largest absolute Gasteiger partial charge is 0.391 e. The summed E-state index contributed by atoms with van der Waals surface area (Å²) < 4.78 is 50.3. The Morgan fingerprint density at radius 1 is 1.11 bits per heavy atom. The maximum Gasteiger partial charge on any atom is 0.265 e. The van der Waals surface area contributed by atoms with Crippen molar-refractivity contribution in [2.75, 3.05) is 5.75 Å². The predicted molar refractivity (Wildman–Crippen MR) is 139 cm³/mol. The third kappa shape index (κ3) is 8.73. The lowest BCUT2D eigenvalue weighted by atomic mass is 10.1. The van der Waals surface area contributed by atoms with Gasteiger partial charge >= 0.3 is 0 Å². The van der Waals surface area contributed by atoms with E-state index in [1.54, 1.807) is 0 Å². The zero-order valence-corrected chi connectivity index (χ0v) is 22.5. The number of aldehydes is 1. The minimum atomic E-state index is -4.15. The van der Waals surface area contributed by atoms with E-state index in [0.29, 0.717) is 11.5 Å². The van der Waals surface area contributed by atoms with Crippen molar-refractivity contribution in [3.05, 3.63) is 53.1 Å². The number of thioether (sulfide) groups is 1. The zero-order chi connectivity index (χ0) is 28.0. The molecule has 0 saturated heterocycles. The smallest absolute Gasteiger partial charge is 0.265 e. The van der Waals surface area contributed by atoms with Crippen molar-refractivity contribution in [1.29, 1.82) is 0 Å². The molecule has 1 heterocycles. The Morgan fingerprint density at radius 2 is 1.73 bits per heavy atom. The Kier molecular flexibility index (Phi) is 11.0. The van der Waals surface area contributed by atoms with E-state index >= 15 is 0 Å². The highest BCUT2D eigenvalue weighted by Crippen LogP contribution is 2.35. The number of aliphatic hydroxyl groups is 4. The molecular weight excluding hydrogens is 570 g/mol. The molecule has 0 spiro atoms. The molecule has 4 atom stereocenters. The molecular formula is C21H26ClN3O9S3. The predicted octanol–water partition coefficient (Wildman–Crippen LogP) is -0.108. The Hall–Kier alpha value is -2.08. The van der Waals surface area contributed by atoms with E-state index in [1.165, 1.54) is 24.8 Å². The Bertz CT molecular complexity index is 1340. The molecule has 0 aromatic heterocycles. The first kappa shape index (κ1) is 31.1. The van der Waals surface area contributed by atoms with Crippen molar-refractivity contribution in [3.8, 4) is 0 Å². The number of hydrogen-bond acceptors (Lipinski definition) is 11. The van der Waals surface area contributed by atoms with Crippen molar-refractivity contribution < 1.29 is 42.1 Å². The van der Waals surface area contributed by atoms with Crippen molar-refractivity contribution in [2.24, 2.45) is 10.1 Å². The molecule has 2 aromatic rings. The number of nitrogens with two attached hydrogens (primary N) is 1. The third-order valence-electron chi connectivity index (χ3n) is 4.80. The number of carbonyl (C=O) groups excluding carboxylic acids is 1. The van der Waals surface area contributed by atoms with Crippen molar-refractivity contribution in [1.82, 2.24) is 4.72 Å². The van der Waals surface area contributed by atoms with Gasteiger partial charge in [-0.2, -0.15) is 0 Å². The summed E-state index contributed by atoms with van der Waals surface area (Å²) in [6.07, 6.45) is -5.88. The fourth-order valence-electron chi connectivity index (χ4n) is 2.89. The summed E-state index contributed by atoms with van der Waals surface area (Å²) in [4.78, 5) is 13.4. The lowest BCUT2D eigenvalue weighted by Crippen LogP contribution is -2.43. The zero-order valence-electron chi connectivity index (χ0n) is 19.3. The van der Waals surface area contributed by atoms with Gasteiger partial charge in [-0.25, -0.2) is 27.0 Å². The van der Waals surface area contributed by atoms with Crippen LogP contribution in [0.5, 0.6) is 0 Å². The minimum absolute atomic E-state index is 0.0801. The number of primary sulfonamides is 1. The Balaban J connectivity index is 0.000000371. The number of rotatable bonds is 9. The molecule has 0 amide bonds. The molecule has 7 N–H and O–H groups in total. The molecule has 12 nitrogen and oxygen atoms in total. The van der Waals surface area contributed by atoms with Crippen LogP contribution in [0.1, 0.15) is 12.5 Å². The van der Waals surface area contributed by atoms with Crippen LogP contribution in [0.25, 0.3) is 0 Å². The van der Waals surface area contributed by atoms with Crippen molar-refractivity contribution in [2.45, 2.75) is 46.9 Å². The number of hydrogen-bond donors (Lipinski definition) is 6. The molecule has 3 rings (SSSR count). The van der Waals surface area contributed by atoms with Crippen LogP contribution in [0.4, 0.5) is 5.69 Å². The normalized spacial score (nSPS) is 17.5. The second-order valence-electron chi connectivity index (χ2n) is 7.79. The van der Waals surface area contributed by atoms with E-state index in [1.807, 2.05) is 30.3 Å². The molecule has 0 saturated carbocycles. The lowest BCUT2D eigenvalue weighted by molar-refractivity contribution is -0.132. The van der Waals surface area contributed by atoms with Gasteiger partial charge in [-0.15, -0.1) is 11.8 Å². The lowest BCUT2D eigenvalue weighted by Gasteiger charge is -2.21. The Labute approximate surface area is 223 Å². The van der Waals surface area contributed by atoms with E-state index in [9.17, 15) is 21.6 Å². The third-order valence-corrected chi connectivity index (χ3v) is 8.60. The van der Waals surface area contributed by atoms with Gasteiger partial charge in [-0.05, 0) is 24.6 Å². The number of amidine groups is 1. The first-order valence-electron chi connectivity index (χ1n) is 10.4. The van der Waals surface area contributed by atoms with E-state index in [2.05, 4.69) is 9.71 Å². The Morgan fingerprint density at radius 3 is 2.27 bits per heavy atom. The summed E-state index contributed by atoms with van der Waals surface area (Å²) in [6.45, 7) is 1.24. The molecule has 37 heavy (non-hydrogen) atoms. The van der Waals surface area contributed by atoms with Crippen molar-refractivity contribution in [3.63, 3.8) is 0 Å². The molecule has 16 heteroatoms. The molecule has 2 aromatic carbocycles. The molecule has 204 valence electrons. The quantitative estimate of drug-likeness (QED) is 0.211. The molecule has 0 aliphatic carbocycles. The van der Waals surface area contributed by atoms with Gasteiger partial charge in [-0.3, -0.25) is 4.72 Å². The van der Waals surface area contributed by atoms with Gasteiger partial charge in [0, 0.05) is 5.75 Å². The van der Waals surface area contributed by atoms with E-state index in [-0.39, 0.29) is 27.7 Å². The number of aliphatic imine (C=N–C) groups is 1. The first-order valence-corrected chi connectivity index (χ1v) is 15.0. The topological polar surface area (TPSA) is 217 Å². The fourth-order valence-corrected chi connectivity index (χ4v) is 6.20.